The number of nitro benzene ring substituents is 1. The number of phenolic OH excluding ortho intramolecular Hbond substituents is 1. The Kier molecular flexibility index (Phi) is 4.68. The Labute approximate surface area is 173 Å². The molecule has 0 radical (unpaired) electrons. The summed E-state index contributed by atoms with van der Waals surface area (Å²) in [6, 6.07) is 12.5. The van der Waals surface area contributed by atoms with E-state index in [0.29, 0.717) is 35.4 Å². The van der Waals surface area contributed by atoms with Gasteiger partial charge in [-0.1, -0.05) is 32.0 Å². The molecule has 0 spiro atoms. The van der Waals surface area contributed by atoms with Gasteiger partial charge in [0.1, 0.15) is 5.75 Å². The fourth-order valence-corrected chi connectivity index (χ4v) is 4.46. The second-order valence-corrected chi connectivity index (χ2v) is 8.66. The van der Waals surface area contributed by atoms with Crippen molar-refractivity contribution in [2.45, 2.75) is 39.0 Å². The minimum Gasteiger partial charge on any atom is -0.508 e. The molecule has 1 amide bonds. The van der Waals surface area contributed by atoms with Gasteiger partial charge >= 0.3 is 0 Å². The minimum atomic E-state index is -0.474. The van der Waals surface area contributed by atoms with Crippen molar-refractivity contribution in [3.63, 3.8) is 0 Å². The molecule has 2 aliphatic rings. The molecule has 1 unspecified atom stereocenters. The third-order valence-electron chi connectivity index (χ3n) is 5.74. The molecule has 0 saturated carbocycles. The van der Waals surface area contributed by atoms with Gasteiger partial charge in [0.2, 0.25) is 5.91 Å². The van der Waals surface area contributed by atoms with E-state index in [-0.39, 0.29) is 35.0 Å². The van der Waals surface area contributed by atoms with Crippen molar-refractivity contribution in [1.82, 2.24) is 0 Å². The Morgan fingerprint density at radius 3 is 2.43 bits per heavy atom. The molecular weight excluding hydrogens is 384 g/mol. The topological polar surface area (TPSA) is 101 Å². The number of hydrogen-bond donors (Lipinski definition) is 1. The SMILES string of the molecule is CC1(C)CC(=O)C2=C(C1)N(c1cccc(O)c1)C(=O)CC2c1ccc([N+](=O)[O-])cc1. The molecule has 1 aliphatic carbocycles. The maximum Gasteiger partial charge on any atom is 0.269 e. The molecule has 1 N–H and O–H groups in total. The number of carbonyl (C=O) groups excluding carboxylic acids is 2. The highest BCUT2D eigenvalue weighted by Crippen LogP contribution is 2.48. The molecule has 1 heterocycles. The third-order valence-corrected chi connectivity index (χ3v) is 5.74. The van der Waals surface area contributed by atoms with Gasteiger partial charge in [0, 0.05) is 48.2 Å². The summed E-state index contributed by atoms with van der Waals surface area (Å²) in [4.78, 5) is 38.5. The van der Waals surface area contributed by atoms with E-state index in [1.807, 2.05) is 13.8 Å². The number of ketones is 1. The molecule has 1 atom stereocenters. The summed E-state index contributed by atoms with van der Waals surface area (Å²) in [7, 11) is 0. The zero-order valence-corrected chi connectivity index (χ0v) is 16.8. The van der Waals surface area contributed by atoms with Crippen molar-refractivity contribution >= 4 is 23.1 Å². The fourth-order valence-electron chi connectivity index (χ4n) is 4.46. The lowest BCUT2D eigenvalue weighted by atomic mass is 9.69. The van der Waals surface area contributed by atoms with Gasteiger partial charge in [0.15, 0.2) is 5.78 Å². The van der Waals surface area contributed by atoms with E-state index in [1.54, 1.807) is 29.2 Å². The van der Waals surface area contributed by atoms with Gasteiger partial charge in [-0.05, 0) is 29.5 Å². The first-order chi connectivity index (χ1) is 14.2. The van der Waals surface area contributed by atoms with Crippen LogP contribution >= 0.6 is 0 Å². The van der Waals surface area contributed by atoms with Crippen LogP contribution < -0.4 is 4.90 Å². The number of anilines is 1. The van der Waals surface area contributed by atoms with Crippen molar-refractivity contribution in [3.8, 4) is 5.75 Å². The Bertz CT molecular complexity index is 1090. The van der Waals surface area contributed by atoms with Crippen LogP contribution in [0.1, 0.15) is 44.6 Å². The van der Waals surface area contributed by atoms with Crippen LogP contribution in [-0.4, -0.2) is 21.7 Å². The molecule has 7 nitrogen and oxygen atoms in total. The molecular formula is C23H22N2O5. The molecule has 1 aliphatic heterocycles. The largest absolute Gasteiger partial charge is 0.508 e. The lowest BCUT2D eigenvalue weighted by Gasteiger charge is -2.43. The lowest BCUT2D eigenvalue weighted by molar-refractivity contribution is -0.384. The smallest absolute Gasteiger partial charge is 0.269 e. The van der Waals surface area contributed by atoms with Crippen molar-refractivity contribution in [2.24, 2.45) is 5.41 Å². The molecule has 0 saturated heterocycles. The molecule has 154 valence electrons. The number of nitrogens with zero attached hydrogens (tertiary/aromatic N) is 2. The average Bonchev–Trinajstić information content (AvgIpc) is 2.66. The first-order valence-corrected chi connectivity index (χ1v) is 9.79. The monoisotopic (exact) mass is 406 g/mol. The van der Waals surface area contributed by atoms with Crippen LogP contribution in [0.2, 0.25) is 0 Å². The number of allylic oxidation sites excluding steroid dienone is 2. The van der Waals surface area contributed by atoms with Crippen molar-refractivity contribution in [3.05, 3.63) is 75.5 Å². The van der Waals surface area contributed by atoms with Gasteiger partial charge in [-0.25, -0.2) is 0 Å². The van der Waals surface area contributed by atoms with E-state index in [4.69, 9.17) is 0 Å². The summed E-state index contributed by atoms with van der Waals surface area (Å²) in [5.41, 5.74) is 2.15. The van der Waals surface area contributed by atoms with E-state index in [9.17, 15) is 24.8 Å². The van der Waals surface area contributed by atoms with Crippen LogP contribution in [0.25, 0.3) is 0 Å². The highest BCUT2D eigenvalue weighted by Gasteiger charge is 2.44. The minimum absolute atomic E-state index is 0.0118. The number of nitro groups is 1. The molecule has 2 aromatic carbocycles. The Balaban J connectivity index is 1.86. The van der Waals surface area contributed by atoms with E-state index < -0.39 is 10.8 Å². The molecule has 0 aromatic heterocycles. The summed E-state index contributed by atoms with van der Waals surface area (Å²) in [6.45, 7) is 3.99. The Hall–Kier alpha value is -3.48. The fraction of sp³-hybridized carbons (Fsp3) is 0.304. The number of Topliss-reactive ketones (excluding diaryl/α,β-unsaturated/α-hetero) is 1. The zero-order chi connectivity index (χ0) is 21.6. The maximum atomic E-state index is 13.2. The molecule has 0 bridgehead atoms. The zero-order valence-electron chi connectivity index (χ0n) is 16.8. The number of non-ortho nitro benzene ring substituents is 1. The molecule has 2 aromatic rings. The van der Waals surface area contributed by atoms with Gasteiger partial charge in [0.25, 0.3) is 5.69 Å². The summed E-state index contributed by atoms with van der Waals surface area (Å²) in [5.74, 6) is -0.581. The second-order valence-electron chi connectivity index (χ2n) is 8.66. The second kappa shape index (κ2) is 7.09. The van der Waals surface area contributed by atoms with Crippen molar-refractivity contribution < 1.29 is 19.6 Å². The summed E-state index contributed by atoms with van der Waals surface area (Å²) < 4.78 is 0. The van der Waals surface area contributed by atoms with Crippen molar-refractivity contribution in [2.75, 3.05) is 4.90 Å². The number of benzene rings is 2. The standard InChI is InChI=1S/C23H22N2O5/c1-23(2)12-19-22(20(27)13-23)18(14-6-8-15(9-7-14)25(29)30)11-21(28)24(19)16-4-3-5-17(26)10-16/h3-10,18,26H,11-13H2,1-2H3. The quantitative estimate of drug-likeness (QED) is 0.599. The summed E-state index contributed by atoms with van der Waals surface area (Å²) >= 11 is 0. The molecule has 7 heteroatoms. The Morgan fingerprint density at radius 2 is 1.80 bits per heavy atom. The van der Waals surface area contributed by atoms with Crippen molar-refractivity contribution in [1.29, 1.82) is 0 Å². The third kappa shape index (κ3) is 3.47. The van der Waals surface area contributed by atoms with Crippen LogP contribution in [0, 0.1) is 15.5 Å². The highest BCUT2D eigenvalue weighted by molar-refractivity contribution is 6.07. The Morgan fingerprint density at radius 1 is 1.10 bits per heavy atom. The van der Waals surface area contributed by atoms with Gasteiger partial charge in [-0.15, -0.1) is 0 Å². The van der Waals surface area contributed by atoms with Crippen LogP contribution in [-0.2, 0) is 9.59 Å². The number of rotatable bonds is 3. The number of phenols is 1. The maximum absolute atomic E-state index is 13.2. The number of carbonyl (C=O) groups is 2. The summed E-state index contributed by atoms with van der Waals surface area (Å²) in [6.07, 6.45) is 0.995. The predicted octanol–water partition coefficient (Wildman–Crippen LogP) is 4.46. The number of amides is 1. The van der Waals surface area contributed by atoms with Gasteiger partial charge in [0.05, 0.1) is 10.6 Å². The van der Waals surface area contributed by atoms with E-state index in [1.165, 1.54) is 24.3 Å². The normalized spacial score (nSPS) is 20.9. The van der Waals surface area contributed by atoms with Crippen LogP contribution in [0.3, 0.4) is 0 Å². The van der Waals surface area contributed by atoms with Crippen LogP contribution in [0.15, 0.2) is 59.8 Å². The molecule has 4 rings (SSSR count). The lowest BCUT2D eigenvalue weighted by Crippen LogP contribution is -2.43. The number of aromatic hydroxyl groups is 1. The van der Waals surface area contributed by atoms with E-state index in [2.05, 4.69) is 0 Å². The van der Waals surface area contributed by atoms with Gasteiger partial charge in [-0.3, -0.25) is 24.6 Å². The van der Waals surface area contributed by atoms with E-state index in [0.717, 1.165) is 0 Å². The van der Waals surface area contributed by atoms with Gasteiger partial charge in [-0.2, -0.15) is 0 Å². The van der Waals surface area contributed by atoms with Crippen LogP contribution in [0.5, 0.6) is 5.75 Å². The number of hydrogen-bond acceptors (Lipinski definition) is 5. The van der Waals surface area contributed by atoms with Crippen LogP contribution in [0.4, 0.5) is 11.4 Å². The summed E-state index contributed by atoms with van der Waals surface area (Å²) in [5, 5.41) is 20.9. The average molecular weight is 406 g/mol. The predicted molar refractivity (Wildman–Crippen MR) is 111 cm³/mol. The van der Waals surface area contributed by atoms with E-state index >= 15 is 0 Å². The molecule has 0 fully saturated rings. The first-order valence-electron chi connectivity index (χ1n) is 9.79. The first kappa shape index (κ1) is 19.8. The molecule has 30 heavy (non-hydrogen) atoms. The highest BCUT2D eigenvalue weighted by atomic mass is 16.6. The van der Waals surface area contributed by atoms with Gasteiger partial charge < -0.3 is 5.11 Å².